The van der Waals surface area contributed by atoms with Crippen LogP contribution in [0.4, 0.5) is 14.5 Å². The molecule has 2 aromatic carbocycles. The predicted molar refractivity (Wildman–Crippen MR) is 135 cm³/mol. The highest BCUT2D eigenvalue weighted by Crippen LogP contribution is 2.34. The Morgan fingerprint density at radius 1 is 1.19 bits per heavy atom. The molecule has 1 aromatic heterocycles. The lowest BCUT2D eigenvalue weighted by atomic mass is 9.85. The number of piperidine rings is 1. The van der Waals surface area contributed by atoms with Gasteiger partial charge in [-0.05, 0) is 57.0 Å². The van der Waals surface area contributed by atoms with Crippen molar-refractivity contribution >= 4 is 23.2 Å². The maximum Gasteiger partial charge on any atom is 0.227 e. The van der Waals surface area contributed by atoms with Crippen LogP contribution < -0.4 is 5.32 Å². The molecule has 0 saturated carbocycles. The largest absolute Gasteiger partial charge is 0.383 e. The Labute approximate surface area is 214 Å². The number of nitrogens with one attached hydrogen (secondary N) is 1. The number of rotatable bonds is 7. The molecule has 0 radical (unpaired) electrons. The number of hydrogen-bond acceptors (Lipinski definition) is 5. The van der Waals surface area contributed by atoms with Gasteiger partial charge in [-0.3, -0.25) is 4.79 Å². The molecule has 0 bridgehead atoms. The monoisotopic (exact) mass is 514 g/mol. The summed E-state index contributed by atoms with van der Waals surface area (Å²) >= 11 is 6.06. The van der Waals surface area contributed by atoms with E-state index in [1.165, 1.54) is 6.07 Å². The maximum atomic E-state index is 14.0. The molecule has 2 N–H and O–H groups in total. The average molecular weight is 515 g/mol. The van der Waals surface area contributed by atoms with Gasteiger partial charge in [0.2, 0.25) is 5.91 Å². The summed E-state index contributed by atoms with van der Waals surface area (Å²) in [6.07, 6.45) is 2.58. The van der Waals surface area contributed by atoms with E-state index in [0.29, 0.717) is 42.3 Å². The van der Waals surface area contributed by atoms with Gasteiger partial charge in [-0.2, -0.15) is 0 Å². The molecular weight excluding hydrogens is 486 g/mol. The summed E-state index contributed by atoms with van der Waals surface area (Å²) in [5.41, 5.74) is 0.700. The first-order valence-corrected chi connectivity index (χ1v) is 12.3. The number of aliphatic hydroxyl groups is 1. The predicted octanol–water partition coefficient (Wildman–Crippen LogP) is 4.98. The van der Waals surface area contributed by atoms with Crippen LogP contribution in [-0.2, 0) is 16.8 Å². The molecule has 9 heteroatoms. The zero-order valence-electron chi connectivity index (χ0n) is 20.3. The number of likely N-dealkylation sites (tertiary alicyclic amines) is 1. The van der Waals surface area contributed by atoms with E-state index in [2.05, 4.69) is 15.3 Å². The molecule has 1 fully saturated rings. The fraction of sp³-hybridized carbons (Fsp3) is 0.370. The minimum absolute atomic E-state index is 0.00796. The van der Waals surface area contributed by atoms with E-state index in [1.54, 1.807) is 37.1 Å². The number of amides is 1. The van der Waals surface area contributed by atoms with Crippen LogP contribution in [0.2, 0.25) is 5.02 Å². The minimum Gasteiger partial charge on any atom is -0.383 e. The van der Waals surface area contributed by atoms with Gasteiger partial charge in [-0.15, -0.1) is 0 Å². The molecule has 1 saturated heterocycles. The van der Waals surface area contributed by atoms with Gasteiger partial charge < -0.3 is 15.3 Å². The molecule has 36 heavy (non-hydrogen) atoms. The van der Waals surface area contributed by atoms with Crippen LogP contribution in [0.5, 0.6) is 0 Å². The number of aromatic nitrogens is 2. The highest BCUT2D eigenvalue weighted by atomic mass is 35.5. The number of anilines is 1. The molecule has 1 atom stereocenters. The molecular formula is C27H29ClF2N4O2. The van der Waals surface area contributed by atoms with E-state index in [1.807, 2.05) is 12.1 Å². The zero-order valence-corrected chi connectivity index (χ0v) is 21.0. The Bertz CT molecular complexity index is 1230. The molecule has 1 unspecified atom stereocenters. The first-order chi connectivity index (χ1) is 17.1. The Morgan fingerprint density at radius 2 is 1.86 bits per heavy atom. The third kappa shape index (κ3) is 5.99. The molecule has 2 heterocycles. The van der Waals surface area contributed by atoms with Crippen LogP contribution in [0.1, 0.15) is 48.3 Å². The van der Waals surface area contributed by atoms with Crippen LogP contribution in [0.25, 0.3) is 0 Å². The van der Waals surface area contributed by atoms with E-state index < -0.39 is 17.2 Å². The number of benzene rings is 2. The Kier molecular flexibility index (Phi) is 7.85. The summed E-state index contributed by atoms with van der Waals surface area (Å²) < 4.78 is 28.0. The number of carbonyl (C=O) groups excluding carboxylic acids is 1. The van der Waals surface area contributed by atoms with Crippen molar-refractivity contribution < 1.29 is 18.7 Å². The van der Waals surface area contributed by atoms with Crippen molar-refractivity contribution in [2.75, 3.05) is 25.0 Å². The second-order valence-electron chi connectivity index (χ2n) is 9.39. The van der Waals surface area contributed by atoms with Gasteiger partial charge in [0, 0.05) is 53.6 Å². The Hall–Kier alpha value is -3.10. The minimum atomic E-state index is -1.26. The van der Waals surface area contributed by atoms with Crippen molar-refractivity contribution in [2.24, 2.45) is 0 Å². The van der Waals surface area contributed by atoms with E-state index in [9.17, 15) is 18.7 Å². The van der Waals surface area contributed by atoms with Gasteiger partial charge in [0.1, 0.15) is 23.1 Å². The highest BCUT2D eigenvalue weighted by Gasteiger charge is 2.33. The lowest BCUT2D eigenvalue weighted by molar-refractivity contribution is -0.131. The standard InChI is InChI=1S/C27H29ClF2N4O2/c1-17-31-15-22(27(2,36)16-32-20-6-3-5-19(28)13-20)26(33-17)18-9-11-34(12-10-18)25(35)14-21-23(29)7-4-8-24(21)30/h3-8,13,15,18,32,36H,9-12,14,16H2,1-2H3. The SMILES string of the molecule is Cc1ncc(C(C)(O)CNc2cccc(Cl)c2)c(C2CCN(C(=O)Cc3c(F)cccc3F)CC2)n1. The topological polar surface area (TPSA) is 78.4 Å². The summed E-state index contributed by atoms with van der Waals surface area (Å²) in [4.78, 5) is 23.4. The van der Waals surface area contributed by atoms with Gasteiger partial charge in [0.25, 0.3) is 0 Å². The van der Waals surface area contributed by atoms with Crippen LogP contribution >= 0.6 is 11.6 Å². The third-order valence-electron chi connectivity index (χ3n) is 6.60. The van der Waals surface area contributed by atoms with E-state index in [4.69, 9.17) is 11.6 Å². The Morgan fingerprint density at radius 3 is 2.53 bits per heavy atom. The van der Waals surface area contributed by atoms with Gasteiger partial charge in [-0.1, -0.05) is 23.7 Å². The van der Waals surface area contributed by atoms with Crippen molar-refractivity contribution in [1.82, 2.24) is 14.9 Å². The molecule has 190 valence electrons. The van der Waals surface area contributed by atoms with E-state index >= 15 is 0 Å². The number of aryl methyl sites for hydroxylation is 1. The highest BCUT2D eigenvalue weighted by molar-refractivity contribution is 6.30. The zero-order chi connectivity index (χ0) is 25.9. The fourth-order valence-corrected chi connectivity index (χ4v) is 4.74. The number of nitrogens with zero attached hydrogens (tertiary/aromatic N) is 3. The van der Waals surface area contributed by atoms with Gasteiger partial charge in [-0.25, -0.2) is 18.7 Å². The van der Waals surface area contributed by atoms with Crippen LogP contribution in [0, 0.1) is 18.6 Å². The van der Waals surface area contributed by atoms with Crippen molar-refractivity contribution in [3.63, 3.8) is 0 Å². The summed E-state index contributed by atoms with van der Waals surface area (Å²) in [7, 11) is 0. The Balaban J connectivity index is 1.45. The van der Waals surface area contributed by atoms with Crippen molar-refractivity contribution in [1.29, 1.82) is 0 Å². The van der Waals surface area contributed by atoms with E-state index in [-0.39, 0.29) is 30.4 Å². The van der Waals surface area contributed by atoms with Crippen LogP contribution in [-0.4, -0.2) is 45.5 Å². The van der Waals surface area contributed by atoms with Crippen molar-refractivity contribution in [2.45, 2.75) is 44.6 Å². The van der Waals surface area contributed by atoms with Gasteiger partial charge >= 0.3 is 0 Å². The van der Waals surface area contributed by atoms with Crippen LogP contribution in [0.15, 0.2) is 48.7 Å². The fourth-order valence-electron chi connectivity index (χ4n) is 4.55. The molecule has 3 aromatic rings. The summed E-state index contributed by atoms with van der Waals surface area (Å²) in [6, 6.07) is 10.9. The second kappa shape index (κ2) is 10.9. The normalized spacial score (nSPS) is 16.0. The molecule has 1 aliphatic rings. The lowest BCUT2D eigenvalue weighted by Crippen LogP contribution is -2.40. The molecule has 1 amide bonds. The van der Waals surface area contributed by atoms with Crippen molar-refractivity contribution in [3.05, 3.63) is 88.0 Å². The number of carbonyl (C=O) groups is 1. The van der Waals surface area contributed by atoms with Crippen LogP contribution in [0.3, 0.4) is 0 Å². The van der Waals surface area contributed by atoms with Gasteiger partial charge in [0.15, 0.2) is 0 Å². The quantitative estimate of drug-likeness (QED) is 0.464. The smallest absolute Gasteiger partial charge is 0.227 e. The maximum absolute atomic E-state index is 14.0. The van der Waals surface area contributed by atoms with Gasteiger partial charge in [0.05, 0.1) is 12.1 Å². The molecule has 0 spiro atoms. The summed E-state index contributed by atoms with van der Waals surface area (Å²) in [6.45, 7) is 4.60. The lowest BCUT2D eigenvalue weighted by Gasteiger charge is -2.34. The molecule has 0 aliphatic carbocycles. The number of hydrogen-bond donors (Lipinski definition) is 2. The average Bonchev–Trinajstić information content (AvgIpc) is 2.85. The van der Waals surface area contributed by atoms with E-state index in [0.717, 1.165) is 23.5 Å². The molecule has 1 aliphatic heterocycles. The molecule has 4 rings (SSSR count). The summed E-state index contributed by atoms with van der Waals surface area (Å²) in [5.74, 6) is -1.13. The van der Waals surface area contributed by atoms with Crippen molar-refractivity contribution in [3.8, 4) is 0 Å². The second-order valence-corrected chi connectivity index (χ2v) is 9.82. The third-order valence-corrected chi connectivity index (χ3v) is 6.84. The summed E-state index contributed by atoms with van der Waals surface area (Å²) in [5, 5.41) is 15.2. The molecule has 6 nitrogen and oxygen atoms in total. The number of halogens is 3. The first-order valence-electron chi connectivity index (χ1n) is 11.9. The first kappa shape index (κ1) is 26.0.